The molecule has 1 heterocycles. The summed E-state index contributed by atoms with van der Waals surface area (Å²) >= 11 is 0. The van der Waals surface area contributed by atoms with Crippen molar-refractivity contribution in [1.82, 2.24) is 10.3 Å². The highest BCUT2D eigenvalue weighted by atomic mass is 19.4. The van der Waals surface area contributed by atoms with E-state index in [0.717, 1.165) is 25.7 Å². The summed E-state index contributed by atoms with van der Waals surface area (Å²) in [6.07, 6.45) is -0.0858. The molecule has 0 bridgehead atoms. The number of carbonyl (C=O) groups excluding carboxylic acids is 1. The normalized spacial score (nSPS) is 21.7. The van der Waals surface area contributed by atoms with Crippen LogP contribution in [0.2, 0.25) is 0 Å². The second kappa shape index (κ2) is 7.63. The molecule has 1 aliphatic carbocycles. The maximum absolute atomic E-state index is 12.3. The fourth-order valence-electron chi connectivity index (χ4n) is 2.58. The van der Waals surface area contributed by atoms with Crippen LogP contribution >= 0.6 is 0 Å². The molecule has 1 saturated carbocycles. The van der Waals surface area contributed by atoms with Crippen LogP contribution in [-0.4, -0.2) is 41.4 Å². The smallest absolute Gasteiger partial charge is 0.422 e. The minimum Gasteiger partial charge on any atom is -0.482 e. The number of alkyl halides is 3. The number of amides is 1. The van der Waals surface area contributed by atoms with E-state index in [0.29, 0.717) is 0 Å². The monoisotopic (exact) mass is 332 g/mol. The van der Waals surface area contributed by atoms with E-state index in [1.54, 1.807) is 0 Å². The van der Waals surface area contributed by atoms with Gasteiger partial charge >= 0.3 is 6.18 Å². The van der Waals surface area contributed by atoms with E-state index in [9.17, 15) is 18.0 Å². The van der Waals surface area contributed by atoms with Gasteiger partial charge in [-0.15, -0.1) is 0 Å². The quantitative estimate of drug-likeness (QED) is 0.868. The molecule has 1 aromatic rings. The summed E-state index contributed by atoms with van der Waals surface area (Å²) in [7, 11) is 0. The van der Waals surface area contributed by atoms with Gasteiger partial charge in [-0.3, -0.25) is 4.79 Å². The highest BCUT2D eigenvalue weighted by molar-refractivity contribution is 5.95. The number of aliphatic hydroxyl groups is 1. The molecule has 5 nitrogen and oxygen atoms in total. The molecule has 2 N–H and O–H groups in total. The molecular formula is C15H19F3N2O3. The minimum atomic E-state index is -4.48. The molecule has 23 heavy (non-hydrogen) atoms. The maximum Gasteiger partial charge on any atom is 0.422 e. The van der Waals surface area contributed by atoms with Crippen molar-refractivity contribution in [3.05, 3.63) is 24.0 Å². The molecule has 0 spiro atoms. The molecule has 0 radical (unpaired) electrons. The fraction of sp³-hybridized carbons (Fsp3) is 0.600. The molecule has 128 valence electrons. The minimum absolute atomic E-state index is 0.0669. The number of aliphatic hydroxyl groups excluding tert-OH is 1. The summed E-state index contributed by atoms with van der Waals surface area (Å²) < 4.78 is 41.4. The summed E-state index contributed by atoms with van der Waals surface area (Å²) in [6, 6.07) is 2.63. The van der Waals surface area contributed by atoms with Gasteiger partial charge in [-0.25, -0.2) is 4.98 Å². The summed E-state index contributed by atoms with van der Waals surface area (Å²) in [6.45, 7) is -1.34. The van der Waals surface area contributed by atoms with E-state index in [4.69, 9.17) is 5.11 Å². The lowest BCUT2D eigenvalue weighted by Crippen LogP contribution is -2.38. The van der Waals surface area contributed by atoms with Crippen LogP contribution in [0.5, 0.6) is 5.75 Å². The molecule has 0 atom stereocenters. The molecule has 8 heteroatoms. The summed E-state index contributed by atoms with van der Waals surface area (Å²) in [4.78, 5) is 16.1. The van der Waals surface area contributed by atoms with Crippen LogP contribution < -0.4 is 10.1 Å². The summed E-state index contributed by atoms with van der Waals surface area (Å²) in [5.41, 5.74) is -0.152. The van der Waals surface area contributed by atoms with Crippen molar-refractivity contribution in [2.45, 2.75) is 37.9 Å². The SMILES string of the molecule is O=C(NC1CCC(CO)CC1)c1ncccc1OCC(F)(F)F. The van der Waals surface area contributed by atoms with Crippen molar-refractivity contribution < 1.29 is 27.8 Å². The Balaban J connectivity index is 1.97. The third-order valence-corrected chi connectivity index (χ3v) is 3.82. The van der Waals surface area contributed by atoms with Crippen LogP contribution in [0.15, 0.2) is 18.3 Å². The second-order valence-corrected chi connectivity index (χ2v) is 5.63. The Kier molecular flexibility index (Phi) is 5.81. The van der Waals surface area contributed by atoms with Crippen LogP contribution in [-0.2, 0) is 0 Å². The van der Waals surface area contributed by atoms with E-state index >= 15 is 0 Å². The van der Waals surface area contributed by atoms with Gasteiger partial charge in [0.2, 0.25) is 0 Å². The number of rotatable bonds is 5. The number of hydrogen-bond donors (Lipinski definition) is 2. The van der Waals surface area contributed by atoms with Gasteiger partial charge in [-0.1, -0.05) is 0 Å². The van der Waals surface area contributed by atoms with Crippen LogP contribution in [0, 0.1) is 5.92 Å². The highest BCUT2D eigenvalue weighted by Crippen LogP contribution is 2.25. The Labute approximate surface area is 131 Å². The van der Waals surface area contributed by atoms with E-state index < -0.39 is 18.7 Å². The topological polar surface area (TPSA) is 71.5 Å². The largest absolute Gasteiger partial charge is 0.482 e. The number of carbonyl (C=O) groups is 1. The maximum atomic E-state index is 12.3. The van der Waals surface area contributed by atoms with Gasteiger partial charge in [-0.05, 0) is 43.7 Å². The summed E-state index contributed by atoms with van der Waals surface area (Å²) in [5.74, 6) is -0.481. The average Bonchev–Trinajstić information content (AvgIpc) is 2.53. The van der Waals surface area contributed by atoms with E-state index in [-0.39, 0.29) is 30.0 Å². The van der Waals surface area contributed by atoms with Gasteiger partial charge in [-0.2, -0.15) is 13.2 Å². The van der Waals surface area contributed by atoms with Crippen LogP contribution in [0.1, 0.15) is 36.2 Å². The van der Waals surface area contributed by atoms with Crippen LogP contribution in [0.25, 0.3) is 0 Å². The van der Waals surface area contributed by atoms with E-state index in [2.05, 4.69) is 15.0 Å². The number of ether oxygens (including phenoxy) is 1. The first-order valence-electron chi connectivity index (χ1n) is 7.45. The van der Waals surface area contributed by atoms with Crippen molar-refractivity contribution in [2.75, 3.05) is 13.2 Å². The third kappa shape index (κ3) is 5.38. The van der Waals surface area contributed by atoms with Gasteiger partial charge in [0.15, 0.2) is 18.1 Å². The number of hydrogen-bond acceptors (Lipinski definition) is 4. The lowest BCUT2D eigenvalue weighted by Gasteiger charge is -2.28. The molecule has 0 aliphatic heterocycles. The molecule has 0 aromatic carbocycles. The first-order valence-corrected chi connectivity index (χ1v) is 7.45. The molecular weight excluding hydrogens is 313 g/mol. The van der Waals surface area contributed by atoms with Crippen LogP contribution in [0.4, 0.5) is 13.2 Å². The Hall–Kier alpha value is -1.83. The second-order valence-electron chi connectivity index (χ2n) is 5.63. The average molecular weight is 332 g/mol. The fourth-order valence-corrected chi connectivity index (χ4v) is 2.58. The summed E-state index contributed by atoms with van der Waals surface area (Å²) in [5, 5.41) is 11.9. The van der Waals surface area contributed by atoms with Gasteiger partial charge in [0, 0.05) is 18.8 Å². The van der Waals surface area contributed by atoms with Crippen molar-refractivity contribution in [3.8, 4) is 5.75 Å². The zero-order chi connectivity index (χ0) is 16.9. The van der Waals surface area contributed by atoms with Crippen molar-refractivity contribution >= 4 is 5.91 Å². The number of halogens is 3. The van der Waals surface area contributed by atoms with Gasteiger partial charge in [0.1, 0.15) is 0 Å². The molecule has 1 fully saturated rings. The van der Waals surface area contributed by atoms with Gasteiger partial charge < -0.3 is 15.2 Å². The van der Waals surface area contributed by atoms with Crippen LogP contribution in [0.3, 0.4) is 0 Å². The number of aromatic nitrogens is 1. The standard InChI is InChI=1S/C15H19F3N2O3/c16-15(17,18)9-23-12-2-1-7-19-13(12)14(22)20-11-5-3-10(8-21)4-6-11/h1-2,7,10-11,21H,3-6,8-9H2,(H,20,22). The van der Waals surface area contributed by atoms with E-state index in [1.807, 2.05) is 0 Å². The molecule has 0 unspecified atom stereocenters. The Bertz CT molecular complexity index is 529. The van der Waals surface area contributed by atoms with Crippen molar-refractivity contribution in [1.29, 1.82) is 0 Å². The number of pyridine rings is 1. The third-order valence-electron chi connectivity index (χ3n) is 3.82. The molecule has 1 aromatic heterocycles. The predicted octanol–water partition coefficient (Wildman–Crippen LogP) is 2.30. The van der Waals surface area contributed by atoms with Gasteiger partial charge in [0.25, 0.3) is 5.91 Å². The first kappa shape index (κ1) is 17.5. The first-order chi connectivity index (χ1) is 10.9. The Morgan fingerprint density at radius 1 is 1.35 bits per heavy atom. The molecule has 0 saturated heterocycles. The zero-order valence-electron chi connectivity index (χ0n) is 12.5. The Morgan fingerprint density at radius 3 is 2.65 bits per heavy atom. The molecule has 2 rings (SSSR count). The lowest BCUT2D eigenvalue weighted by molar-refractivity contribution is -0.153. The van der Waals surface area contributed by atoms with Crippen molar-refractivity contribution in [2.24, 2.45) is 5.92 Å². The van der Waals surface area contributed by atoms with Gasteiger partial charge in [0.05, 0.1) is 0 Å². The lowest BCUT2D eigenvalue weighted by atomic mass is 9.86. The molecule has 1 amide bonds. The number of nitrogens with zero attached hydrogens (tertiary/aromatic N) is 1. The highest BCUT2D eigenvalue weighted by Gasteiger charge is 2.30. The zero-order valence-corrected chi connectivity index (χ0v) is 12.5. The van der Waals surface area contributed by atoms with E-state index in [1.165, 1.54) is 18.3 Å². The number of nitrogens with one attached hydrogen (secondary N) is 1. The predicted molar refractivity (Wildman–Crippen MR) is 76.1 cm³/mol. The van der Waals surface area contributed by atoms with Crippen molar-refractivity contribution in [3.63, 3.8) is 0 Å². The Morgan fingerprint density at radius 2 is 2.04 bits per heavy atom. The molecule has 1 aliphatic rings.